The summed E-state index contributed by atoms with van der Waals surface area (Å²) in [4.78, 5) is 15.1. The van der Waals surface area contributed by atoms with Crippen LogP contribution in [0.25, 0.3) is 0 Å². The summed E-state index contributed by atoms with van der Waals surface area (Å²) in [7, 11) is -3.73. The van der Waals surface area contributed by atoms with Crippen LogP contribution in [0.5, 0.6) is 0 Å². The zero-order valence-corrected chi connectivity index (χ0v) is 12.4. The second kappa shape index (κ2) is 5.20. The van der Waals surface area contributed by atoms with Crippen molar-refractivity contribution in [2.45, 2.75) is 29.5 Å². The van der Waals surface area contributed by atoms with Crippen LogP contribution in [0.15, 0.2) is 20.2 Å². The Kier molecular flexibility index (Phi) is 3.51. The van der Waals surface area contributed by atoms with Gasteiger partial charge in [0.25, 0.3) is 0 Å². The average molecular weight is 328 g/mol. The molecular weight excluding hydrogens is 316 g/mol. The third-order valence-electron chi connectivity index (χ3n) is 2.96. The third-order valence-corrected chi connectivity index (χ3v) is 5.80. The van der Waals surface area contributed by atoms with Gasteiger partial charge in [-0.2, -0.15) is 4.98 Å². The average Bonchev–Trinajstić information content (AvgIpc) is 2.98. The van der Waals surface area contributed by atoms with Gasteiger partial charge in [-0.15, -0.1) is 11.3 Å². The van der Waals surface area contributed by atoms with Crippen LogP contribution in [-0.4, -0.2) is 24.5 Å². The molecule has 1 saturated carbocycles. The number of nitrogens with two attached hydrogens (primary N) is 1. The minimum absolute atomic E-state index is 0.0159. The molecule has 2 aromatic heterocycles. The van der Waals surface area contributed by atoms with Crippen molar-refractivity contribution < 1.29 is 17.7 Å². The number of carbonyl (C=O) groups excluding carboxylic acids is 1. The molecule has 1 amide bonds. The van der Waals surface area contributed by atoms with Gasteiger partial charge in [0.15, 0.2) is 5.82 Å². The first-order valence-corrected chi connectivity index (χ1v) is 8.52. The van der Waals surface area contributed by atoms with Crippen LogP contribution in [0.2, 0.25) is 0 Å². The molecule has 0 unspecified atom stereocenters. The predicted octanol–water partition coefficient (Wildman–Crippen LogP) is 0.586. The van der Waals surface area contributed by atoms with Crippen LogP contribution >= 0.6 is 11.3 Å². The predicted molar refractivity (Wildman–Crippen MR) is 73.1 cm³/mol. The molecule has 0 atom stereocenters. The molecule has 1 aliphatic carbocycles. The molecule has 0 saturated heterocycles. The van der Waals surface area contributed by atoms with E-state index >= 15 is 0 Å². The van der Waals surface area contributed by atoms with E-state index in [0.717, 1.165) is 24.2 Å². The van der Waals surface area contributed by atoms with Gasteiger partial charge in [0.1, 0.15) is 4.21 Å². The number of hydrogen-bond acceptors (Lipinski definition) is 7. The summed E-state index contributed by atoms with van der Waals surface area (Å²) in [6, 6.07) is 1.24. The summed E-state index contributed by atoms with van der Waals surface area (Å²) in [5, 5.41) is 5.12. The second-order valence-corrected chi connectivity index (χ2v) is 7.57. The molecule has 2 aromatic rings. The second-order valence-electron chi connectivity index (χ2n) is 4.67. The van der Waals surface area contributed by atoms with Crippen molar-refractivity contribution in [2.75, 3.05) is 0 Å². The number of rotatable bonds is 6. The molecule has 1 aliphatic rings. The van der Waals surface area contributed by atoms with E-state index in [9.17, 15) is 13.2 Å². The lowest BCUT2D eigenvalue weighted by Gasteiger charge is -2.00. The van der Waals surface area contributed by atoms with E-state index in [1.165, 1.54) is 11.4 Å². The highest BCUT2D eigenvalue weighted by molar-refractivity contribution is 7.91. The number of nitrogens with zero attached hydrogens (tertiary/aromatic N) is 2. The van der Waals surface area contributed by atoms with E-state index in [2.05, 4.69) is 14.9 Å². The van der Waals surface area contributed by atoms with Crippen molar-refractivity contribution in [3.05, 3.63) is 28.7 Å². The van der Waals surface area contributed by atoms with E-state index in [-0.39, 0.29) is 22.1 Å². The smallest absolute Gasteiger partial charge is 0.250 e. The largest absolute Gasteiger partial charge is 0.366 e. The lowest BCUT2D eigenvalue weighted by Crippen LogP contribution is -2.23. The molecule has 10 heteroatoms. The fraction of sp³-hybridized carbons (Fsp3) is 0.364. The van der Waals surface area contributed by atoms with Gasteiger partial charge < -0.3 is 10.3 Å². The summed E-state index contributed by atoms with van der Waals surface area (Å²) in [5.74, 6) is 0.488. The van der Waals surface area contributed by atoms with Gasteiger partial charge >= 0.3 is 0 Å². The van der Waals surface area contributed by atoms with Crippen LogP contribution in [-0.2, 0) is 16.6 Å². The van der Waals surface area contributed by atoms with Crippen molar-refractivity contribution in [1.29, 1.82) is 0 Å². The van der Waals surface area contributed by atoms with E-state index in [1.807, 2.05) is 0 Å². The molecule has 3 N–H and O–H groups in total. The number of carbonyl (C=O) groups is 1. The van der Waals surface area contributed by atoms with Crippen LogP contribution in [0.3, 0.4) is 0 Å². The van der Waals surface area contributed by atoms with Crippen molar-refractivity contribution in [3.8, 4) is 0 Å². The van der Waals surface area contributed by atoms with E-state index < -0.39 is 15.9 Å². The summed E-state index contributed by atoms with van der Waals surface area (Å²) in [5.41, 5.74) is 5.26. The number of amides is 1. The molecule has 0 radical (unpaired) electrons. The topological polar surface area (TPSA) is 128 Å². The first-order valence-electron chi connectivity index (χ1n) is 6.16. The lowest BCUT2D eigenvalue weighted by atomic mass is 10.3. The van der Waals surface area contributed by atoms with Crippen molar-refractivity contribution >= 4 is 27.3 Å². The Hall–Kier alpha value is -1.78. The number of nitrogens with one attached hydrogen (secondary N) is 1. The SMILES string of the molecule is NC(=O)c1csc(S(=O)(=O)NCc2noc(C3CC3)n2)c1. The Bertz CT molecular complexity index is 776. The highest BCUT2D eigenvalue weighted by Crippen LogP contribution is 2.38. The van der Waals surface area contributed by atoms with Gasteiger partial charge in [0.05, 0.1) is 12.1 Å². The summed E-state index contributed by atoms with van der Waals surface area (Å²) < 4.78 is 31.5. The van der Waals surface area contributed by atoms with Crippen molar-refractivity contribution in [3.63, 3.8) is 0 Å². The van der Waals surface area contributed by atoms with E-state index in [4.69, 9.17) is 10.3 Å². The van der Waals surface area contributed by atoms with Gasteiger partial charge in [0.2, 0.25) is 21.8 Å². The number of hydrogen-bond donors (Lipinski definition) is 2. The first-order chi connectivity index (χ1) is 9.95. The number of aromatic nitrogens is 2. The Morgan fingerprint density at radius 2 is 2.29 bits per heavy atom. The molecule has 0 spiro atoms. The maximum Gasteiger partial charge on any atom is 0.250 e. The fourth-order valence-corrected chi connectivity index (χ4v) is 3.85. The summed E-state index contributed by atoms with van der Waals surface area (Å²) in [6.45, 7) is -0.0671. The van der Waals surface area contributed by atoms with Crippen LogP contribution < -0.4 is 10.5 Å². The molecule has 0 bridgehead atoms. The maximum absolute atomic E-state index is 12.1. The van der Waals surface area contributed by atoms with Gasteiger partial charge in [-0.05, 0) is 18.9 Å². The monoisotopic (exact) mass is 328 g/mol. The lowest BCUT2D eigenvalue weighted by molar-refractivity contribution is 0.100. The minimum atomic E-state index is -3.73. The van der Waals surface area contributed by atoms with E-state index in [1.54, 1.807) is 0 Å². The molecule has 21 heavy (non-hydrogen) atoms. The Balaban J connectivity index is 1.68. The van der Waals surface area contributed by atoms with Gasteiger partial charge in [-0.25, -0.2) is 13.1 Å². The zero-order valence-electron chi connectivity index (χ0n) is 10.8. The molecule has 0 aromatic carbocycles. The van der Waals surface area contributed by atoms with Gasteiger partial charge in [-0.3, -0.25) is 4.79 Å². The molecule has 2 heterocycles. The molecule has 3 rings (SSSR count). The zero-order chi connectivity index (χ0) is 15.0. The highest BCUT2D eigenvalue weighted by Gasteiger charge is 2.29. The van der Waals surface area contributed by atoms with Gasteiger partial charge in [-0.1, -0.05) is 5.16 Å². The van der Waals surface area contributed by atoms with Crippen molar-refractivity contribution in [2.24, 2.45) is 5.73 Å². The minimum Gasteiger partial charge on any atom is -0.366 e. The molecule has 1 fully saturated rings. The Morgan fingerprint density at radius 3 is 2.90 bits per heavy atom. The number of primary amides is 1. The fourth-order valence-electron chi connectivity index (χ4n) is 1.65. The molecule has 112 valence electrons. The van der Waals surface area contributed by atoms with Crippen LogP contribution in [0, 0.1) is 0 Å². The third kappa shape index (κ3) is 3.12. The Morgan fingerprint density at radius 1 is 1.52 bits per heavy atom. The summed E-state index contributed by atoms with van der Waals surface area (Å²) in [6.07, 6.45) is 2.05. The quantitative estimate of drug-likeness (QED) is 0.798. The van der Waals surface area contributed by atoms with Gasteiger partial charge in [0, 0.05) is 11.3 Å². The number of thiophene rings is 1. The Labute approximate surface area is 124 Å². The number of sulfonamides is 1. The maximum atomic E-state index is 12.1. The molecule has 0 aliphatic heterocycles. The van der Waals surface area contributed by atoms with Crippen molar-refractivity contribution in [1.82, 2.24) is 14.9 Å². The normalized spacial score (nSPS) is 15.2. The molecular formula is C11H12N4O4S2. The highest BCUT2D eigenvalue weighted by atomic mass is 32.2. The van der Waals surface area contributed by atoms with Crippen LogP contribution in [0.1, 0.15) is 40.8 Å². The van der Waals surface area contributed by atoms with E-state index in [0.29, 0.717) is 11.8 Å². The van der Waals surface area contributed by atoms with Crippen LogP contribution in [0.4, 0.5) is 0 Å². The molecule has 8 nitrogen and oxygen atoms in total. The summed E-state index contributed by atoms with van der Waals surface area (Å²) >= 11 is 0.925. The first kappa shape index (κ1) is 14.2. The standard InChI is InChI=1S/C11H12N4O4S2/c12-10(16)7-3-9(20-5-7)21(17,18)13-4-8-14-11(19-15-8)6-1-2-6/h3,5-6,13H,1-2,4H2,(H2,12,16).